The van der Waals surface area contributed by atoms with E-state index in [0.29, 0.717) is 22.7 Å². The van der Waals surface area contributed by atoms with E-state index in [-0.39, 0.29) is 5.88 Å². The number of rotatable bonds is 5. The summed E-state index contributed by atoms with van der Waals surface area (Å²) in [5.41, 5.74) is 0.197. The van der Waals surface area contributed by atoms with E-state index in [2.05, 4.69) is 5.32 Å². The van der Waals surface area contributed by atoms with Crippen molar-refractivity contribution in [2.24, 2.45) is 0 Å². The maximum atomic E-state index is 11.9. The average molecular weight is 332 g/mol. The summed E-state index contributed by atoms with van der Waals surface area (Å²) < 4.78 is 15.7. The summed E-state index contributed by atoms with van der Waals surface area (Å²) in [5, 5.41) is 12.5. The highest BCUT2D eigenvalue weighted by atomic mass is 35.5. The van der Waals surface area contributed by atoms with Crippen LogP contribution < -0.4 is 14.8 Å². The van der Waals surface area contributed by atoms with Crippen molar-refractivity contribution in [1.29, 1.82) is 0 Å². The van der Waals surface area contributed by atoms with Crippen molar-refractivity contribution in [3.05, 3.63) is 17.7 Å². The molecule has 1 aromatic rings. The molecule has 0 aliphatic rings. The van der Waals surface area contributed by atoms with Crippen LogP contribution in [-0.2, 0) is 4.74 Å². The standard InChI is InChI=1S/C15H22ClNO5/c1-15(2,3)22-14(19)17-10-6-9(11(18)8-16)7-12(20-4)13(10)21-5/h6-7,11,18H,8H2,1-5H3,(H,17,19). The maximum absolute atomic E-state index is 11.9. The Morgan fingerprint density at radius 1 is 1.32 bits per heavy atom. The summed E-state index contributed by atoms with van der Waals surface area (Å²) in [6, 6.07) is 3.17. The van der Waals surface area contributed by atoms with Gasteiger partial charge in [0.15, 0.2) is 11.5 Å². The van der Waals surface area contributed by atoms with Crippen LogP contribution in [0.4, 0.5) is 10.5 Å². The number of benzene rings is 1. The third kappa shape index (κ3) is 4.96. The minimum atomic E-state index is -0.888. The molecule has 124 valence electrons. The Balaban J connectivity index is 3.17. The summed E-state index contributed by atoms with van der Waals surface area (Å²) >= 11 is 5.67. The molecule has 1 aromatic carbocycles. The molecule has 1 atom stereocenters. The fourth-order valence-corrected chi connectivity index (χ4v) is 1.95. The van der Waals surface area contributed by atoms with Gasteiger partial charge in [-0.2, -0.15) is 0 Å². The zero-order valence-corrected chi connectivity index (χ0v) is 14.2. The van der Waals surface area contributed by atoms with Crippen molar-refractivity contribution in [2.45, 2.75) is 32.5 Å². The highest BCUT2D eigenvalue weighted by Gasteiger charge is 2.21. The van der Waals surface area contributed by atoms with Gasteiger partial charge in [-0.1, -0.05) is 0 Å². The Hall–Kier alpha value is -1.66. The van der Waals surface area contributed by atoms with E-state index in [1.54, 1.807) is 32.9 Å². The first-order valence-corrected chi connectivity index (χ1v) is 7.25. The van der Waals surface area contributed by atoms with E-state index in [1.165, 1.54) is 14.2 Å². The second-order valence-corrected chi connectivity index (χ2v) is 5.91. The highest BCUT2D eigenvalue weighted by molar-refractivity contribution is 6.18. The molecule has 22 heavy (non-hydrogen) atoms. The summed E-state index contributed by atoms with van der Waals surface area (Å²) in [7, 11) is 2.92. The number of ether oxygens (including phenoxy) is 3. The molecule has 0 spiro atoms. The summed E-state index contributed by atoms with van der Waals surface area (Å²) in [6.45, 7) is 5.29. The second-order valence-electron chi connectivity index (χ2n) is 5.60. The van der Waals surface area contributed by atoms with Crippen LogP contribution in [-0.4, -0.2) is 36.9 Å². The number of carbonyl (C=O) groups is 1. The number of methoxy groups -OCH3 is 2. The van der Waals surface area contributed by atoms with Crippen LogP contribution >= 0.6 is 11.6 Å². The maximum Gasteiger partial charge on any atom is 0.412 e. The van der Waals surface area contributed by atoms with Crippen LogP contribution in [0.3, 0.4) is 0 Å². The molecule has 0 saturated heterocycles. The lowest BCUT2D eigenvalue weighted by molar-refractivity contribution is 0.0635. The molecular formula is C15H22ClNO5. The van der Waals surface area contributed by atoms with Crippen LogP contribution in [0.1, 0.15) is 32.4 Å². The Morgan fingerprint density at radius 2 is 1.95 bits per heavy atom. The fraction of sp³-hybridized carbons (Fsp3) is 0.533. The highest BCUT2D eigenvalue weighted by Crippen LogP contribution is 2.38. The number of anilines is 1. The van der Waals surface area contributed by atoms with Crippen LogP contribution in [0.2, 0.25) is 0 Å². The molecule has 0 bridgehead atoms. The minimum Gasteiger partial charge on any atom is -0.493 e. The third-order valence-electron chi connectivity index (χ3n) is 2.67. The van der Waals surface area contributed by atoms with Crippen LogP contribution in [0.15, 0.2) is 12.1 Å². The van der Waals surface area contributed by atoms with Crippen molar-refractivity contribution in [3.8, 4) is 11.5 Å². The van der Waals surface area contributed by atoms with Gasteiger partial charge in [0.05, 0.1) is 31.9 Å². The van der Waals surface area contributed by atoms with E-state index < -0.39 is 17.8 Å². The Kier molecular flexibility index (Phi) is 6.32. The third-order valence-corrected chi connectivity index (χ3v) is 2.96. The van der Waals surface area contributed by atoms with Gasteiger partial charge in [0.25, 0.3) is 0 Å². The molecule has 1 amide bonds. The summed E-state index contributed by atoms with van der Waals surface area (Å²) in [4.78, 5) is 11.9. The van der Waals surface area contributed by atoms with E-state index in [1.807, 2.05) is 0 Å². The van der Waals surface area contributed by atoms with Gasteiger partial charge < -0.3 is 19.3 Å². The molecule has 0 fully saturated rings. The number of carbonyl (C=O) groups excluding carboxylic acids is 1. The van der Waals surface area contributed by atoms with Gasteiger partial charge in [0.2, 0.25) is 0 Å². The number of alkyl halides is 1. The monoisotopic (exact) mass is 331 g/mol. The Morgan fingerprint density at radius 3 is 2.41 bits per heavy atom. The van der Waals surface area contributed by atoms with Gasteiger partial charge in [-0.3, -0.25) is 5.32 Å². The van der Waals surface area contributed by atoms with Gasteiger partial charge in [-0.05, 0) is 38.5 Å². The van der Waals surface area contributed by atoms with Crippen LogP contribution in [0.25, 0.3) is 0 Å². The average Bonchev–Trinajstić information content (AvgIpc) is 2.43. The van der Waals surface area contributed by atoms with Gasteiger partial charge in [-0.25, -0.2) is 4.79 Å². The lowest BCUT2D eigenvalue weighted by atomic mass is 10.1. The second kappa shape index (κ2) is 7.56. The SMILES string of the molecule is COc1cc(C(O)CCl)cc(NC(=O)OC(C)(C)C)c1OC. The number of aliphatic hydroxyl groups is 1. The van der Waals surface area contributed by atoms with Crippen molar-refractivity contribution >= 4 is 23.4 Å². The number of halogens is 1. The fourth-order valence-electron chi connectivity index (χ4n) is 1.77. The lowest BCUT2D eigenvalue weighted by Gasteiger charge is -2.21. The lowest BCUT2D eigenvalue weighted by Crippen LogP contribution is -2.27. The number of aliphatic hydroxyl groups excluding tert-OH is 1. The smallest absolute Gasteiger partial charge is 0.412 e. The predicted molar refractivity (Wildman–Crippen MR) is 85.1 cm³/mol. The molecule has 0 heterocycles. The molecule has 0 aromatic heterocycles. The topological polar surface area (TPSA) is 77.0 Å². The normalized spacial score (nSPS) is 12.5. The molecule has 0 aliphatic heterocycles. The molecule has 0 saturated carbocycles. The van der Waals surface area contributed by atoms with Crippen molar-refractivity contribution in [1.82, 2.24) is 0 Å². The number of hydrogen-bond acceptors (Lipinski definition) is 5. The van der Waals surface area contributed by atoms with E-state index in [4.69, 9.17) is 25.8 Å². The number of amides is 1. The quantitative estimate of drug-likeness (QED) is 0.809. The number of nitrogens with one attached hydrogen (secondary N) is 1. The van der Waals surface area contributed by atoms with E-state index in [9.17, 15) is 9.90 Å². The molecule has 0 aliphatic carbocycles. The van der Waals surface area contributed by atoms with Gasteiger partial charge in [-0.15, -0.1) is 11.6 Å². The molecule has 0 radical (unpaired) electrons. The Labute approximate surface area is 135 Å². The molecule has 2 N–H and O–H groups in total. The summed E-state index contributed by atoms with van der Waals surface area (Å²) in [6.07, 6.45) is -1.52. The van der Waals surface area contributed by atoms with E-state index >= 15 is 0 Å². The summed E-state index contributed by atoms with van der Waals surface area (Å²) in [5.74, 6) is 0.718. The van der Waals surface area contributed by atoms with Gasteiger partial charge in [0.1, 0.15) is 5.60 Å². The first kappa shape index (κ1) is 18.4. The molecule has 1 unspecified atom stereocenters. The van der Waals surface area contributed by atoms with Crippen LogP contribution in [0, 0.1) is 0 Å². The molecule has 6 nitrogen and oxygen atoms in total. The van der Waals surface area contributed by atoms with Gasteiger partial charge >= 0.3 is 6.09 Å². The molecule has 1 rings (SSSR count). The van der Waals surface area contributed by atoms with Gasteiger partial charge in [0, 0.05) is 0 Å². The van der Waals surface area contributed by atoms with Crippen LogP contribution in [0.5, 0.6) is 11.5 Å². The van der Waals surface area contributed by atoms with Crippen molar-refractivity contribution in [3.63, 3.8) is 0 Å². The first-order valence-electron chi connectivity index (χ1n) is 6.71. The molecular weight excluding hydrogens is 310 g/mol. The van der Waals surface area contributed by atoms with Crippen molar-refractivity contribution < 1.29 is 24.1 Å². The zero-order valence-electron chi connectivity index (χ0n) is 13.4. The van der Waals surface area contributed by atoms with E-state index in [0.717, 1.165) is 0 Å². The Bertz CT molecular complexity index is 527. The predicted octanol–water partition coefficient (Wildman–Crippen LogP) is 3.32. The largest absolute Gasteiger partial charge is 0.493 e. The number of hydrogen-bond donors (Lipinski definition) is 2. The minimum absolute atomic E-state index is 0.0152. The van der Waals surface area contributed by atoms with Crippen molar-refractivity contribution in [2.75, 3.05) is 25.4 Å². The first-order chi connectivity index (χ1) is 10.2. The zero-order chi connectivity index (χ0) is 16.9. The molecule has 7 heteroatoms.